The first kappa shape index (κ1) is 11.6. The Balaban J connectivity index is 2.27. The second-order valence-corrected chi connectivity index (χ2v) is 6.43. The summed E-state index contributed by atoms with van der Waals surface area (Å²) < 4.78 is 2.82. The van der Waals surface area contributed by atoms with Crippen LogP contribution in [0.5, 0.6) is 0 Å². The van der Waals surface area contributed by atoms with E-state index in [9.17, 15) is 4.79 Å². The van der Waals surface area contributed by atoms with E-state index in [1.54, 1.807) is 27.8 Å². The van der Waals surface area contributed by atoms with E-state index < -0.39 is 0 Å². The SMILES string of the molecule is Nc1ccc2c(=O)n(-c3ccc(Cl)cc3)[se]c2c1. The van der Waals surface area contributed by atoms with Crippen molar-refractivity contribution in [2.75, 3.05) is 5.73 Å². The summed E-state index contributed by atoms with van der Waals surface area (Å²) in [6, 6.07) is 12.7. The van der Waals surface area contributed by atoms with Crippen LogP contribution in [0.1, 0.15) is 0 Å². The van der Waals surface area contributed by atoms with Gasteiger partial charge in [-0.3, -0.25) is 0 Å². The van der Waals surface area contributed by atoms with E-state index in [1.165, 1.54) is 0 Å². The molecule has 90 valence electrons. The molecule has 3 rings (SSSR count). The summed E-state index contributed by atoms with van der Waals surface area (Å²) in [5, 5.41) is 1.42. The van der Waals surface area contributed by atoms with Crippen LogP contribution in [0.25, 0.3) is 15.3 Å². The summed E-state index contributed by atoms with van der Waals surface area (Å²) in [5.41, 5.74) is 7.35. The monoisotopic (exact) mass is 324 g/mol. The number of rotatable bonds is 1. The van der Waals surface area contributed by atoms with Gasteiger partial charge in [0.05, 0.1) is 0 Å². The molecule has 0 fully saturated rings. The van der Waals surface area contributed by atoms with Crippen LogP contribution in [0.15, 0.2) is 47.3 Å². The fraction of sp³-hybridized carbons (Fsp3) is 0. The molecule has 1 aromatic heterocycles. The van der Waals surface area contributed by atoms with Crippen LogP contribution in [0.2, 0.25) is 5.02 Å². The zero-order chi connectivity index (χ0) is 12.7. The van der Waals surface area contributed by atoms with Gasteiger partial charge in [0.15, 0.2) is 0 Å². The van der Waals surface area contributed by atoms with Crippen LogP contribution >= 0.6 is 11.6 Å². The summed E-state index contributed by atoms with van der Waals surface area (Å²) in [5.74, 6) is 0. The van der Waals surface area contributed by atoms with E-state index in [2.05, 4.69) is 0 Å². The zero-order valence-electron chi connectivity index (χ0n) is 9.26. The molecule has 0 aliphatic heterocycles. The van der Waals surface area contributed by atoms with E-state index >= 15 is 0 Å². The van der Waals surface area contributed by atoms with Crippen LogP contribution in [0.4, 0.5) is 5.69 Å². The van der Waals surface area contributed by atoms with Gasteiger partial charge in [-0.25, -0.2) is 0 Å². The first-order chi connectivity index (χ1) is 8.65. The van der Waals surface area contributed by atoms with Crippen LogP contribution in [0.3, 0.4) is 0 Å². The molecule has 0 spiro atoms. The Morgan fingerprint density at radius 1 is 1.11 bits per heavy atom. The number of nitrogen functional groups attached to an aromatic ring is 1. The molecule has 18 heavy (non-hydrogen) atoms. The fourth-order valence-corrected chi connectivity index (χ4v) is 4.11. The zero-order valence-corrected chi connectivity index (χ0v) is 11.7. The van der Waals surface area contributed by atoms with E-state index in [4.69, 9.17) is 17.3 Å². The molecule has 0 aliphatic rings. The molecule has 3 nitrogen and oxygen atoms in total. The fourth-order valence-electron chi connectivity index (χ4n) is 1.79. The third-order valence-electron chi connectivity index (χ3n) is 2.67. The Hall–Kier alpha value is -1.48. The van der Waals surface area contributed by atoms with Gasteiger partial charge in [-0.15, -0.1) is 0 Å². The van der Waals surface area contributed by atoms with Crippen molar-refractivity contribution in [3.05, 3.63) is 57.8 Å². The second-order valence-electron chi connectivity index (χ2n) is 3.92. The molecule has 0 amide bonds. The molecular weight excluding hydrogens is 315 g/mol. The van der Waals surface area contributed by atoms with E-state index in [1.807, 2.05) is 18.2 Å². The van der Waals surface area contributed by atoms with Crippen molar-refractivity contribution >= 4 is 41.7 Å². The van der Waals surface area contributed by atoms with Gasteiger partial charge in [0.2, 0.25) is 0 Å². The number of aromatic nitrogens is 1. The number of hydrogen-bond acceptors (Lipinski definition) is 2. The molecule has 1 heterocycles. The van der Waals surface area contributed by atoms with Crippen molar-refractivity contribution in [1.29, 1.82) is 0 Å². The van der Waals surface area contributed by atoms with E-state index in [0.717, 1.165) is 15.3 Å². The summed E-state index contributed by atoms with van der Waals surface area (Å²) in [4.78, 5) is 12.3. The molecule has 0 saturated carbocycles. The minimum atomic E-state index is -0.0599. The Bertz CT molecular complexity index is 774. The third-order valence-corrected chi connectivity index (χ3v) is 5.22. The van der Waals surface area contributed by atoms with Crippen molar-refractivity contribution in [3.8, 4) is 5.69 Å². The molecule has 0 radical (unpaired) electrons. The number of hydrogen-bond donors (Lipinski definition) is 1. The van der Waals surface area contributed by atoms with Gasteiger partial charge in [0, 0.05) is 0 Å². The summed E-state index contributed by atoms with van der Waals surface area (Å²) >= 11 is 5.79. The number of nitrogens with two attached hydrogens (primary N) is 1. The minimum absolute atomic E-state index is 0.0346. The van der Waals surface area contributed by atoms with Crippen LogP contribution < -0.4 is 11.3 Å². The molecule has 0 atom stereocenters. The number of halogens is 1. The van der Waals surface area contributed by atoms with Crippen molar-refractivity contribution in [3.63, 3.8) is 0 Å². The summed E-state index contributed by atoms with van der Waals surface area (Å²) in [7, 11) is 0. The molecule has 5 heteroatoms. The molecular formula is C13H9ClN2OSe. The number of nitrogens with zero attached hydrogens (tertiary/aromatic N) is 1. The third kappa shape index (κ3) is 1.89. The van der Waals surface area contributed by atoms with Crippen LogP contribution in [-0.2, 0) is 0 Å². The number of fused-ring (bicyclic) bond motifs is 1. The predicted molar refractivity (Wildman–Crippen MR) is 75.9 cm³/mol. The van der Waals surface area contributed by atoms with Crippen molar-refractivity contribution in [2.24, 2.45) is 0 Å². The predicted octanol–water partition coefficient (Wildman–Crippen LogP) is 2.28. The summed E-state index contributed by atoms with van der Waals surface area (Å²) in [6.07, 6.45) is 0. The van der Waals surface area contributed by atoms with Crippen molar-refractivity contribution < 1.29 is 0 Å². The van der Waals surface area contributed by atoms with Gasteiger partial charge >= 0.3 is 114 Å². The van der Waals surface area contributed by atoms with Crippen LogP contribution in [0, 0.1) is 0 Å². The average Bonchev–Trinajstić information content (AvgIpc) is 2.67. The van der Waals surface area contributed by atoms with Crippen molar-refractivity contribution in [2.45, 2.75) is 0 Å². The van der Waals surface area contributed by atoms with Gasteiger partial charge in [-0.05, 0) is 0 Å². The second kappa shape index (κ2) is 4.32. The van der Waals surface area contributed by atoms with Gasteiger partial charge in [0.25, 0.3) is 0 Å². The molecule has 0 unspecified atom stereocenters. The standard InChI is InChI=1S/C13H9ClN2OSe/c14-8-1-4-10(5-2-8)16-13(17)11-6-3-9(15)7-12(11)18-16/h1-7H,15H2. The Kier molecular flexibility index (Phi) is 2.78. The van der Waals surface area contributed by atoms with Gasteiger partial charge in [0.1, 0.15) is 0 Å². The van der Waals surface area contributed by atoms with Gasteiger partial charge < -0.3 is 0 Å². The molecule has 3 aromatic rings. The molecule has 0 bridgehead atoms. The number of anilines is 1. The topological polar surface area (TPSA) is 48.0 Å². The maximum atomic E-state index is 12.3. The maximum absolute atomic E-state index is 12.3. The average molecular weight is 324 g/mol. The molecule has 0 aliphatic carbocycles. The molecule has 0 saturated heterocycles. The van der Waals surface area contributed by atoms with Crippen molar-refractivity contribution in [1.82, 2.24) is 3.56 Å². The Labute approximate surface area is 114 Å². The van der Waals surface area contributed by atoms with E-state index in [-0.39, 0.29) is 20.3 Å². The number of benzene rings is 2. The van der Waals surface area contributed by atoms with Crippen LogP contribution in [-0.4, -0.2) is 18.3 Å². The summed E-state index contributed by atoms with van der Waals surface area (Å²) in [6.45, 7) is 0. The van der Waals surface area contributed by atoms with Gasteiger partial charge in [-0.1, -0.05) is 0 Å². The first-order valence-electron chi connectivity index (χ1n) is 5.33. The molecule has 2 N–H and O–H groups in total. The van der Waals surface area contributed by atoms with E-state index in [0.29, 0.717) is 10.7 Å². The Morgan fingerprint density at radius 2 is 1.83 bits per heavy atom. The molecule has 2 aromatic carbocycles. The Morgan fingerprint density at radius 3 is 2.56 bits per heavy atom. The normalized spacial score (nSPS) is 10.9. The first-order valence-corrected chi connectivity index (χ1v) is 7.33. The quantitative estimate of drug-likeness (QED) is 0.552. The van der Waals surface area contributed by atoms with Gasteiger partial charge in [-0.2, -0.15) is 0 Å².